The van der Waals surface area contributed by atoms with Gasteiger partial charge in [0.1, 0.15) is 13.2 Å². The van der Waals surface area contributed by atoms with Crippen molar-refractivity contribution in [3.8, 4) is 0 Å². The van der Waals surface area contributed by atoms with Crippen molar-refractivity contribution in [2.24, 2.45) is 0 Å². The highest BCUT2D eigenvalue weighted by Gasteiger charge is 2.25. The standard InChI is InChI=1S/C62H113NO8/c1-6-8-10-12-14-16-18-20-22-24-26-27-28-29-30-31-32-33-35-37-39-41-43-45-47-49-51-53-60(65)71-58(57-70-62(61(66)67)68-55-54-63(3,4)5)56-69-59(64)52-50-48-46-44-42-40-38-36-34-25-23-21-19-17-15-13-11-9-7-2/h15,17-18,20-21,23-24,26,58,62H,6-14,16,19,22,25,27-57H2,1-5H3/p+1/b17-15-,20-18-,23-21-,26-24-. The number of hydrogen-bond acceptors (Lipinski definition) is 7. The second-order valence-corrected chi connectivity index (χ2v) is 21.3. The van der Waals surface area contributed by atoms with E-state index in [1.807, 2.05) is 21.1 Å². The molecule has 0 aromatic rings. The number of allylic oxidation sites excluding steroid dienone is 8. The van der Waals surface area contributed by atoms with Crippen molar-refractivity contribution in [2.75, 3.05) is 47.5 Å². The Labute approximate surface area is 438 Å². The van der Waals surface area contributed by atoms with Crippen LogP contribution in [0.5, 0.6) is 0 Å². The van der Waals surface area contributed by atoms with E-state index >= 15 is 0 Å². The molecule has 0 saturated heterocycles. The van der Waals surface area contributed by atoms with Gasteiger partial charge in [0.25, 0.3) is 6.29 Å². The van der Waals surface area contributed by atoms with Crippen LogP contribution in [0.3, 0.4) is 0 Å². The minimum atomic E-state index is -1.51. The van der Waals surface area contributed by atoms with Gasteiger partial charge in [-0.25, -0.2) is 4.79 Å². The summed E-state index contributed by atoms with van der Waals surface area (Å²) in [6, 6.07) is 0. The average molecular weight is 1000 g/mol. The molecule has 9 nitrogen and oxygen atoms in total. The number of carbonyl (C=O) groups is 3. The van der Waals surface area contributed by atoms with Gasteiger partial charge in [-0.3, -0.25) is 9.59 Å². The van der Waals surface area contributed by atoms with Gasteiger partial charge in [0.15, 0.2) is 6.10 Å². The number of rotatable bonds is 55. The van der Waals surface area contributed by atoms with Crippen LogP contribution in [0.2, 0.25) is 0 Å². The van der Waals surface area contributed by atoms with Crippen LogP contribution in [0.1, 0.15) is 271 Å². The Morgan fingerprint density at radius 3 is 1.14 bits per heavy atom. The number of carbonyl (C=O) groups excluding carboxylic acids is 2. The number of likely N-dealkylation sites (N-methyl/N-ethyl adjacent to an activating group) is 1. The summed E-state index contributed by atoms with van der Waals surface area (Å²) in [5.74, 6) is -2.00. The van der Waals surface area contributed by atoms with E-state index in [0.29, 0.717) is 17.4 Å². The molecular formula is C62H114NO8+. The lowest BCUT2D eigenvalue weighted by molar-refractivity contribution is -0.870. The summed E-state index contributed by atoms with van der Waals surface area (Å²) in [6.07, 6.45) is 63.3. The molecule has 0 amide bonds. The minimum absolute atomic E-state index is 0.183. The second-order valence-electron chi connectivity index (χ2n) is 21.3. The molecule has 2 atom stereocenters. The molecule has 1 N–H and O–H groups in total. The largest absolute Gasteiger partial charge is 0.477 e. The van der Waals surface area contributed by atoms with Crippen molar-refractivity contribution in [1.29, 1.82) is 0 Å². The van der Waals surface area contributed by atoms with Crippen molar-refractivity contribution >= 4 is 17.9 Å². The van der Waals surface area contributed by atoms with Gasteiger partial charge < -0.3 is 28.5 Å². The van der Waals surface area contributed by atoms with Gasteiger partial charge in [-0.1, -0.05) is 229 Å². The molecule has 2 unspecified atom stereocenters. The summed E-state index contributed by atoms with van der Waals surface area (Å²) in [7, 11) is 5.97. The third-order valence-corrected chi connectivity index (χ3v) is 13.1. The maximum atomic E-state index is 12.9. The van der Waals surface area contributed by atoms with Crippen LogP contribution in [0.15, 0.2) is 48.6 Å². The molecule has 0 rings (SSSR count). The smallest absolute Gasteiger partial charge is 0.361 e. The number of ether oxygens (including phenoxy) is 4. The fraction of sp³-hybridized carbons (Fsp3) is 0.823. The third kappa shape index (κ3) is 54.9. The number of nitrogens with zero attached hydrogens (tertiary/aromatic N) is 1. The van der Waals surface area contributed by atoms with E-state index in [1.165, 1.54) is 193 Å². The summed E-state index contributed by atoms with van der Waals surface area (Å²) in [6.45, 7) is 4.87. The first kappa shape index (κ1) is 68.2. The number of quaternary nitrogens is 1. The molecule has 414 valence electrons. The summed E-state index contributed by atoms with van der Waals surface area (Å²) in [4.78, 5) is 37.4. The Kier molecular flexibility index (Phi) is 51.5. The van der Waals surface area contributed by atoms with Gasteiger partial charge in [0.2, 0.25) is 0 Å². The molecule has 0 aliphatic heterocycles. The number of esters is 2. The minimum Gasteiger partial charge on any atom is -0.477 e. The highest BCUT2D eigenvalue weighted by molar-refractivity contribution is 5.71. The van der Waals surface area contributed by atoms with Crippen molar-refractivity contribution in [3.05, 3.63) is 48.6 Å². The predicted octanol–water partition coefficient (Wildman–Crippen LogP) is 17.5. The molecule has 0 heterocycles. The van der Waals surface area contributed by atoms with Gasteiger partial charge in [0, 0.05) is 12.8 Å². The summed E-state index contributed by atoms with van der Waals surface area (Å²) < 4.78 is 22.9. The van der Waals surface area contributed by atoms with Gasteiger partial charge in [-0.2, -0.15) is 0 Å². The number of carboxylic acid groups (broad SMARTS) is 1. The number of aliphatic carboxylic acids is 1. The molecule has 0 aromatic carbocycles. The van der Waals surface area contributed by atoms with Crippen molar-refractivity contribution < 1.29 is 42.9 Å². The number of carboxylic acids is 1. The Balaban J connectivity index is 4.20. The zero-order valence-electron chi connectivity index (χ0n) is 47.1. The Morgan fingerprint density at radius 2 is 0.761 bits per heavy atom. The highest BCUT2D eigenvalue weighted by Crippen LogP contribution is 2.16. The van der Waals surface area contributed by atoms with Crippen LogP contribution in [-0.2, 0) is 33.3 Å². The normalized spacial score (nSPS) is 13.1. The molecule has 0 aliphatic carbocycles. The van der Waals surface area contributed by atoms with Crippen LogP contribution < -0.4 is 0 Å². The molecule has 0 aromatic heterocycles. The van der Waals surface area contributed by atoms with Crippen LogP contribution >= 0.6 is 0 Å². The van der Waals surface area contributed by atoms with Gasteiger partial charge in [0.05, 0.1) is 34.4 Å². The van der Waals surface area contributed by atoms with Gasteiger partial charge in [-0.05, 0) is 77.0 Å². The predicted molar refractivity (Wildman–Crippen MR) is 300 cm³/mol. The quantitative estimate of drug-likeness (QED) is 0.0211. The molecule has 9 heteroatoms. The van der Waals surface area contributed by atoms with Gasteiger partial charge in [-0.15, -0.1) is 0 Å². The zero-order chi connectivity index (χ0) is 52.0. The topological polar surface area (TPSA) is 108 Å². The van der Waals surface area contributed by atoms with Crippen molar-refractivity contribution in [2.45, 2.75) is 283 Å². The zero-order valence-corrected chi connectivity index (χ0v) is 47.1. The van der Waals surface area contributed by atoms with E-state index in [0.717, 1.165) is 51.4 Å². The van der Waals surface area contributed by atoms with Crippen LogP contribution in [0.4, 0.5) is 0 Å². The number of hydrogen-bond donors (Lipinski definition) is 1. The lowest BCUT2D eigenvalue weighted by atomic mass is 10.0. The third-order valence-electron chi connectivity index (χ3n) is 13.1. The molecule has 0 aliphatic rings. The van der Waals surface area contributed by atoms with Crippen LogP contribution in [-0.4, -0.2) is 87.4 Å². The molecule has 0 spiro atoms. The average Bonchev–Trinajstić information content (AvgIpc) is 3.34. The molecular weight excluding hydrogens is 887 g/mol. The lowest BCUT2D eigenvalue weighted by Gasteiger charge is -2.25. The summed E-state index contributed by atoms with van der Waals surface area (Å²) >= 11 is 0. The van der Waals surface area contributed by atoms with Crippen LogP contribution in [0.25, 0.3) is 0 Å². The van der Waals surface area contributed by atoms with Gasteiger partial charge >= 0.3 is 17.9 Å². The van der Waals surface area contributed by atoms with Crippen LogP contribution in [0, 0.1) is 0 Å². The summed E-state index contributed by atoms with van der Waals surface area (Å²) in [5.41, 5.74) is 0. The molecule has 0 saturated carbocycles. The number of unbranched alkanes of at least 4 members (excludes halogenated alkanes) is 32. The molecule has 0 bridgehead atoms. The Morgan fingerprint density at radius 1 is 0.423 bits per heavy atom. The Hall–Kier alpha value is -2.75. The first-order valence-corrected chi connectivity index (χ1v) is 29.8. The first-order valence-electron chi connectivity index (χ1n) is 29.8. The molecule has 0 radical (unpaired) electrons. The second kappa shape index (κ2) is 53.5. The van der Waals surface area contributed by atoms with E-state index in [4.69, 9.17) is 18.9 Å². The van der Waals surface area contributed by atoms with Crippen molar-refractivity contribution in [1.82, 2.24) is 0 Å². The highest BCUT2D eigenvalue weighted by atomic mass is 16.7. The SMILES string of the molecule is CCCCC/C=C\C/C=C\CCCCCCCCCCCC(=O)OCC(COC(OCC[N+](C)(C)C)C(=O)O)OC(=O)CCCCCCCCCCCCCCCCC/C=C\C/C=C\CCCCCCC. The monoisotopic (exact) mass is 1000 g/mol. The maximum Gasteiger partial charge on any atom is 0.361 e. The fourth-order valence-corrected chi connectivity index (χ4v) is 8.43. The Bertz CT molecular complexity index is 1300. The van der Waals surface area contributed by atoms with E-state index < -0.39 is 24.3 Å². The van der Waals surface area contributed by atoms with E-state index in [-0.39, 0.29) is 32.2 Å². The first-order chi connectivity index (χ1) is 34.6. The maximum absolute atomic E-state index is 12.9. The molecule has 0 fully saturated rings. The van der Waals surface area contributed by atoms with Crippen molar-refractivity contribution in [3.63, 3.8) is 0 Å². The summed E-state index contributed by atoms with van der Waals surface area (Å²) in [5, 5.41) is 9.71. The van der Waals surface area contributed by atoms with E-state index in [9.17, 15) is 19.5 Å². The lowest BCUT2D eigenvalue weighted by Crippen LogP contribution is -2.40. The fourth-order valence-electron chi connectivity index (χ4n) is 8.43. The van der Waals surface area contributed by atoms with E-state index in [2.05, 4.69) is 62.5 Å². The van der Waals surface area contributed by atoms with E-state index in [1.54, 1.807) is 0 Å². The molecule has 71 heavy (non-hydrogen) atoms.